The van der Waals surface area contributed by atoms with E-state index in [1.165, 1.54) is 6.20 Å². The van der Waals surface area contributed by atoms with Gasteiger partial charge in [0.05, 0.1) is 12.1 Å². The lowest BCUT2D eigenvalue weighted by Gasteiger charge is -2.30. The second-order valence-electron chi connectivity index (χ2n) is 4.94. The maximum Gasteiger partial charge on any atom is 0.255 e. The molecule has 110 valence electrons. The summed E-state index contributed by atoms with van der Waals surface area (Å²) in [5.41, 5.74) is 11.8. The molecule has 0 unspecified atom stereocenters. The lowest BCUT2D eigenvalue weighted by molar-refractivity contribution is -0.123. The number of nitrogens with zero attached hydrogens (tertiary/aromatic N) is 2. The molecule has 0 aliphatic carbocycles. The Morgan fingerprint density at radius 3 is 2.67 bits per heavy atom. The van der Waals surface area contributed by atoms with Crippen molar-refractivity contribution in [1.82, 2.24) is 9.88 Å². The highest BCUT2D eigenvalue weighted by Gasteiger charge is 2.26. The number of likely N-dealkylation sites (tertiary alicyclic amines) is 1. The molecule has 0 spiro atoms. The molecule has 6 nitrogen and oxygen atoms in total. The average Bonchev–Trinajstić information content (AvgIpc) is 2.52. The van der Waals surface area contributed by atoms with E-state index in [1.807, 2.05) is 0 Å². The van der Waals surface area contributed by atoms with Gasteiger partial charge in [0.1, 0.15) is 0 Å². The first-order chi connectivity index (χ1) is 10.1. The summed E-state index contributed by atoms with van der Waals surface area (Å²) in [5, 5.41) is 0. The molecule has 1 aliphatic rings. The highest BCUT2D eigenvalue weighted by molar-refractivity contribution is 5.94. The highest BCUT2D eigenvalue weighted by atomic mass is 16.2. The van der Waals surface area contributed by atoms with E-state index in [0.717, 1.165) is 0 Å². The lowest BCUT2D eigenvalue weighted by atomic mass is 9.96. The van der Waals surface area contributed by atoms with Gasteiger partial charge in [0.15, 0.2) is 0 Å². The predicted octanol–water partition coefficient (Wildman–Crippen LogP) is -0.271. The minimum atomic E-state index is -0.289. The van der Waals surface area contributed by atoms with Crippen LogP contribution in [0.15, 0.2) is 18.5 Å². The van der Waals surface area contributed by atoms with E-state index < -0.39 is 0 Å². The number of aromatic nitrogens is 1. The Bertz CT molecular complexity index is 595. The summed E-state index contributed by atoms with van der Waals surface area (Å²) >= 11 is 0. The molecule has 0 radical (unpaired) electrons. The van der Waals surface area contributed by atoms with Gasteiger partial charge in [-0.15, -0.1) is 0 Å². The maximum absolute atomic E-state index is 12.4. The predicted molar refractivity (Wildman–Crippen MR) is 78.0 cm³/mol. The van der Waals surface area contributed by atoms with Gasteiger partial charge >= 0.3 is 0 Å². The minimum Gasteiger partial charge on any atom is -0.369 e. The molecule has 2 rings (SSSR count). The minimum absolute atomic E-state index is 0.0955. The second-order valence-corrected chi connectivity index (χ2v) is 4.94. The third-order valence-electron chi connectivity index (χ3n) is 3.50. The van der Waals surface area contributed by atoms with E-state index in [4.69, 9.17) is 11.5 Å². The Hall–Kier alpha value is -2.39. The molecular weight excluding hydrogens is 268 g/mol. The van der Waals surface area contributed by atoms with Crippen LogP contribution in [0.3, 0.4) is 0 Å². The number of hydrogen-bond donors (Lipinski definition) is 2. The third kappa shape index (κ3) is 3.80. The molecule has 1 aliphatic heterocycles. The molecule has 1 fully saturated rings. The summed E-state index contributed by atoms with van der Waals surface area (Å²) < 4.78 is 0. The Morgan fingerprint density at radius 1 is 1.33 bits per heavy atom. The van der Waals surface area contributed by atoms with Crippen LogP contribution in [-0.2, 0) is 4.79 Å². The van der Waals surface area contributed by atoms with Crippen molar-refractivity contribution >= 4 is 11.8 Å². The number of carbonyl (C=O) groups is 2. The van der Waals surface area contributed by atoms with Crippen molar-refractivity contribution in [3.8, 4) is 11.8 Å². The van der Waals surface area contributed by atoms with Crippen LogP contribution in [0.5, 0.6) is 0 Å². The SMILES string of the molecule is NCC#Cc1cncc(C(=O)N2CCC(C(N)=O)CC2)c1. The first kappa shape index (κ1) is 15.0. The van der Waals surface area contributed by atoms with Crippen molar-refractivity contribution in [1.29, 1.82) is 0 Å². The molecule has 0 bridgehead atoms. The van der Waals surface area contributed by atoms with Gasteiger partial charge in [-0.25, -0.2) is 0 Å². The molecule has 2 heterocycles. The van der Waals surface area contributed by atoms with Gasteiger partial charge in [0.2, 0.25) is 5.91 Å². The molecule has 0 saturated carbocycles. The van der Waals surface area contributed by atoms with Crippen LogP contribution in [-0.4, -0.2) is 41.3 Å². The van der Waals surface area contributed by atoms with E-state index in [9.17, 15) is 9.59 Å². The molecule has 0 atom stereocenters. The number of pyridine rings is 1. The van der Waals surface area contributed by atoms with Gasteiger partial charge in [-0.1, -0.05) is 11.8 Å². The van der Waals surface area contributed by atoms with Crippen LogP contribution in [0.2, 0.25) is 0 Å². The van der Waals surface area contributed by atoms with Gasteiger partial charge in [0.25, 0.3) is 5.91 Å². The first-order valence-electron chi connectivity index (χ1n) is 6.84. The van der Waals surface area contributed by atoms with Crippen LogP contribution in [0, 0.1) is 17.8 Å². The number of rotatable bonds is 2. The van der Waals surface area contributed by atoms with Crippen LogP contribution < -0.4 is 11.5 Å². The standard InChI is InChI=1S/C15H18N4O2/c16-5-1-2-11-8-13(10-18-9-11)15(21)19-6-3-12(4-7-19)14(17)20/h8-10,12H,3-7,16H2,(H2,17,20). The van der Waals surface area contributed by atoms with Crippen molar-refractivity contribution in [3.63, 3.8) is 0 Å². The van der Waals surface area contributed by atoms with E-state index in [2.05, 4.69) is 16.8 Å². The van der Waals surface area contributed by atoms with E-state index >= 15 is 0 Å². The van der Waals surface area contributed by atoms with Crippen LogP contribution in [0.4, 0.5) is 0 Å². The Labute approximate surface area is 123 Å². The summed E-state index contributed by atoms with van der Waals surface area (Å²) in [6.07, 6.45) is 4.34. The van der Waals surface area contributed by atoms with Crippen molar-refractivity contribution in [2.75, 3.05) is 19.6 Å². The summed E-state index contributed by atoms with van der Waals surface area (Å²) in [6.45, 7) is 1.33. The number of amides is 2. The number of carbonyl (C=O) groups excluding carboxylic acids is 2. The molecule has 6 heteroatoms. The Kier molecular flexibility index (Phi) is 4.90. The molecule has 2 amide bonds. The molecule has 4 N–H and O–H groups in total. The molecule has 1 aromatic rings. The summed E-state index contributed by atoms with van der Waals surface area (Å²) in [5.74, 6) is 5.07. The van der Waals surface area contributed by atoms with Crippen LogP contribution >= 0.6 is 0 Å². The fourth-order valence-corrected chi connectivity index (χ4v) is 2.33. The fourth-order valence-electron chi connectivity index (χ4n) is 2.33. The average molecular weight is 286 g/mol. The van der Waals surface area contributed by atoms with E-state index in [-0.39, 0.29) is 24.3 Å². The molecule has 0 aromatic carbocycles. The number of hydrogen-bond acceptors (Lipinski definition) is 4. The van der Waals surface area contributed by atoms with Crippen LogP contribution in [0.1, 0.15) is 28.8 Å². The largest absolute Gasteiger partial charge is 0.369 e. The monoisotopic (exact) mass is 286 g/mol. The summed E-state index contributed by atoms with van der Waals surface area (Å²) in [6, 6.07) is 1.71. The zero-order valence-corrected chi connectivity index (χ0v) is 11.7. The van der Waals surface area contributed by atoms with E-state index in [1.54, 1.807) is 17.2 Å². The van der Waals surface area contributed by atoms with Gasteiger partial charge in [-0.05, 0) is 18.9 Å². The normalized spacial score (nSPS) is 15.2. The van der Waals surface area contributed by atoms with Crippen molar-refractivity contribution in [2.45, 2.75) is 12.8 Å². The number of piperidine rings is 1. The maximum atomic E-state index is 12.4. The number of primary amides is 1. The third-order valence-corrected chi connectivity index (χ3v) is 3.50. The molecule has 1 aromatic heterocycles. The zero-order chi connectivity index (χ0) is 15.2. The molecular formula is C15H18N4O2. The van der Waals surface area contributed by atoms with Gasteiger partial charge in [-0.2, -0.15) is 0 Å². The zero-order valence-electron chi connectivity index (χ0n) is 11.7. The van der Waals surface area contributed by atoms with Crippen molar-refractivity contribution < 1.29 is 9.59 Å². The molecule has 1 saturated heterocycles. The second kappa shape index (κ2) is 6.86. The van der Waals surface area contributed by atoms with Gasteiger partial charge in [0, 0.05) is 37.0 Å². The highest BCUT2D eigenvalue weighted by Crippen LogP contribution is 2.18. The lowest BCUT2D eigenvalue weighted by Crippen LogP contribution is -2.41. The summed E-state index contributed by atoms with van der Waals surface area (Å²) in [7, 11) is 0. The molecule has 21 heavy (non-hydrogen) atoms. The Balaban J connectivity index is 2.05. The van der Waals surface area contributed by atoms with Crippen LogP contribution in [0.25, 0.3) is 0 Å². The smallest absolute Gasteiger partial charge is 0.255 e. The fraction of sp³-hybridized carbons (Fsp3) is 0.400. The van der Waals surface area contributed by atoms with Gasteiger partial charge in [-0.3, -0.25) is 14.6 Å². The Morgan fingerprint density at radius 2 is 2.05 bits per heavy atom. The number of nitrogens with two attached hydrogens (primary N) is 2. The van der Waals surface area contributed by atoms with Crippen molar-refractivity contribution in [2.24, 2.45) is 17.4 Å². The van der Waals surface area contributed by atoms with E-state index in [0.29, 0.717) is 37.1 Å². The summed E-state index contributed by atoms with van der Waals surface area (Å²) in [4.78, 5) is 29.3. The van der Waals surface area contributed by atoms with Crippen molar-refractivity contribution in [3.05, 3.63) is 29.6 Å². The van der Waals surface area contributed by atoms with Gasteiger partial charge < -0.3 is 16.4 Å². The topological polar surface area (TPSA) is 102 Å². The first-order valence-corrected chi connectivity index (χ1v) is 6.84. The quantitative estimate of drug-likeness (QED) is 0.730.